The average molecular weight is 228 g/mol. The van der Waals surface area contributed by atoms with Crippen LogP contribution in [0.25, 0.3) is 0 Å². The van der Waals surface area contributed by atoms with E-state index < -0.39 is 0 Å². The van der Waals surface area contributed by atoms with E-state index in [2.05, 4.69) is 24.2 Å². The highest BCUT2D eigenvalue weighted by molar-refractivity contribution is 4.80. The van der Waals surface area contributed by atoms with Gasteiger partial charge in [0.25, 0.3) is 0 Å². The van der Waals surface area contributed by atoms with Crippen LogP contribution in [0.2, 0.25) is 0 Å². The molecule has 16 heavy (non-hydrogen) atoms. The SMILES string of the molecule is CCN(CCO)CC1CCCCCC1NC. The molecule has 1 saturated carbocycles. The van der Waals surface area contributed by atoms with Gasteiger partial charge >= 0.3 is 0 Å². The summed E-state index contributed by atoms with van der Waals surface area (Å²) in [6, 6.07) is 0.676. The van der Waals surface area contributed by atoms with E-state index in [1.54, 1.807) is 0 Å². The van der Waals surface area contributed by atoms with Gasteiger partial charge in [-0.3, -0.25) is 0 Å². The lowest BCUT2D eigenvalue weighted by Crippen LogP contribution is -2.41. The highest BCUT2D eigenvalue weighted by atomic mass is 16.3. The lowest BCUT2D eigenvalue weighted by molar-refractivity contribution is 0.164. The molecule has 0 aromatic heterocycles. The summed E-state index contributed by atoms with van der Waals surface area (Å²) in [5.74, 6) is 0.763. The fourth-order valence-electron chi connectivity index (χ4n) is 2.83. The molecule has 0 heterocycles. The Morgan fingerprint density at radius 1 is 1.25 bits per heavy atom. The maximum absolute atomic E-state index is 9.02. The molecular formula is C13H28N2O. The molecule has 2 unspecified atom stereocenters. The summed E-state index contributed by atoms with van der Waals surface area (Å²) in [5, 5.41) is 12.5. The van der Waals surface area contributed by atoms with Crippen LogP contribution in [0.4, 0.5) is 0 Å². The molecule has 0 bridgehead atoms. The van der Waals surface area contributed by atoms with Crippen molar-refractivity contribution in [2.45, 2.75) is 45.1 Å². The molecule has 1 rings (SSSR count). The number of hydrogen-bond donors (Lipinski definition) is 2. The minimum Gasteiger partial charge on any atom is -0.395 e. The Morgan fingerprint density at radius 2 is 2.00 bits per heavy atom. The number of nitrogens with one attached hydrogen (secondary N) is 1. The highest BCUT2D eigenvalue weighted by Crippen LogP contribution is 2.24. The third-order valence-corrected chi connectivity index (χ3v) is 3.89. The first-order valence-corrected chi connectivity index (χ1v) is 6.82. The predicted molar refractivity (Wildman–Crippen MR) is 68.6 cm³/mol. The van der Waals surface area contributed by atoms with Gasteiger partial charge in [-0.15, -0.1) is 0 Å². The number of likely N-dealkylation sites (N-methyl/N-ethyl adjacent to an activating group) is 1. The Balaban J connectivity index is 2.46. The minimum atomic E-state index is 0.283. The topological polar surface area (TPSA) is 35.5 Å². The number of rotatable bonds is 6. The molecular weight excluding hydrogens is 200 g/mol. The normalized spacial score (nSPS) is 27.0. The van der Waals surface area contributed by atoms with Crippen molar-refractivity contribution in [2.75, 3.05) is 33.3 Å². The second-order valence-electron chi connectivity index (χ2n) is 4.91. The summed E-state index contributed by atoms with van der Waals surface area (Å²) >= 11 is 0. The summed E-state index contributed by atoms with van der Waals surface area (Å²) in [4.78, 5) is 2.38. The molecule has 3 heteroatoms. The summed E-state index contributed by atoms with van der Waals surface area (Å²) in [6.45, 7) is 5.48. The van der Waals surface area contributed by atoms with E-state index in [1.165, 1.54) is 32.1 Å². The minimum absolute atomic E-state index is 0.283. The Kier molecular flexibility index (Phi) is 7.01. The van der Waals surface area contributed by atoms with Gasteiger partial charge in [0, 0.05) is 19.1 Å². The van der Waals surface area contributed by atoms with Crippen molar-refractivity contribution in [3.05, 3.63) is 0 Å². The molecule has 0 spiro atoms. The third kappa shape index (κ3) is 4.40. The van der Waals surface area contributed by atoms with Gasteiger partial charge < -0.3 is 15.3 Å². The number of nitrogens with zero attached hydrogens (tertiary/aromatic N) is 1. The van der Waals surface area contributed by atoms with Gasteiger partial charge in [0.05, 0.1) is 6.61 Å². The first-order chi connectivity index (χ1) is 7.81. The predicted octanol–water partition coefficient (Wildman–Crippen LogP) is 1.47. The maximum atomic E-state index is 9.02. The maximum Gasteiger partial charge on any atom is 0.0558 e. The molecule has 96 valence electrons. The molecule has 0 aromatic carbocycles. The van der Waals surface area contributed by atoms with Gasteiger partial charge in [0.1, 0.15) is 0 Å². The number of aliphatic hydroxyl groups is 1. The Labute approximate surface area is 100 Å². The van der Waals surface area contributed by atoms with Gasteiger partial charge in [0.15, 0.2) is 0 Å². The zero-order valence-electron chi connectivity index (χ0n) is 10.9. The van der Waals surface area contributed by atoms with Crippen LogP contribution in [0.15, 0.2) is 0 Å². The summed E-state index contributed by atoms with van der Waals surface area (Å²) in [6.07, 6.45) is 6.79. The van der Waals surface area contributed by atoms with Crippen LogP contribution in [0, 0.1) is 5.92 Å². The monoisotopic (exact) mass is 228 g/mol. The van der Waals surface area contributed by atoms with Crippen LogP contribution in [0.1, 0.15) is 39.0 Å². The Bertz CT molecular complexity index is 175. The van der Waals surface area contributed by atoms with Crippen LogP contribution in [-0.4, -0.2) is 49.3 Å². The molecule has 0 aliphatic heterocycles. The fourth-order valence-corrected chi connectivity index (χ4v) is 2.83. The highest BCUT2D eigenvalue weighted by Gasteiger charge is 2.23. The van der Waals surface area contributed by atoms with E-state index in [0.29, 0.717) is 6.04 Å². The van der Waals surface area contributed by atoms with Gasteiger partial charge in [-0.2, -0.15) is 0 Å². The Hall–Kier alpha value is -0.120. The molecule has 1 aliphatic carbocycles. The summed E-state index contributed by atoms with van der Waals surface area (Å²) in [5.41, 5.74) is 0. The van der Waals surface area contributed by atoms with Crippen molar-refractivity contribution in [3.63, 3.8) is 0 Å². The smallest absolute Gasteiger partial charge is 0.0558 e. The van der Waals surface area contributed by atoms with Crippen molar-refractivity contribution >= 4 is 0 Å². The second-order valence-corrected chi connectivity index (χ2v) is 4.91. The van der Waals surface area contributed by atoms with Crippen molar-refractivity contribution < 1.29 is 5.11 Å². The zero-order chi connectivity index (χ0) is 11.8. The molecule has 0 amide bonds. The largest absolute Gasteiger partial charge is 0.395 e. The zero-order valence-corrected chi connectivity index (χ0v) is 10.9. The molecule has 3 nitrogen and oxygen atoms in total. The van der Waals surface area contributed by atoms with Crippen LogP contribution in [0.5, 0.6) is 0 Å². The van der Waals surface area contributed by atoms with Crippen molar-refractivity contribution in [1.29, 1.82) is 0 Å². The molecule has 2 N–H and O–H groups in total. The second kappa shape index (κ2) is 8.04. The molecule has 0 aromatic rings. The van der Waals surface area contributed by atoms with E-state index in [1.807, 2.05) is 0 Å². The fraction of sp³-hybridized carbons (Fsp3) is 1.00. The molecule has 0 saturated heterocycles. The Morgan fingerprint density at radius 3 is 2.62 bits per heavy atom. The number of aliphatic hydroxyl groups excluding tert-OH is 1. The van der Waals surface area contributed by atoms with Gasteiger partial charge in [-0.1, -0.05) is 26.2 Å². The van der Waals surface area contributed by atoms with E-state index in [4.69, 9.17) is 5.11 Å². The lowest BCUT2D eigenvalue weighted by Gasteiger charge is -2.30. The first-order valence-electron chi connectivity index (χ1n) is 6.82. The summed E-state index contributed by atoms with van der Waals surface area (Å²) in [7, 11) is 2.09. The first kappa shape index (κ1) is 13.9. The van der Waals surface area contributed by atoms with E-state index in [0.717, 1.165) is 25.6 Å². The molecule has 1 aliphatic rings. The molecule has 1 fully saturated rings. The average Bonchev–Trinajstić information content (AvgIpc) is 2.53. The van der Waals surface area contributed by atoms with Crippen LogP contribution in [-0.2, 0) is 0 Å². The van der Waals surface area contributed by atoms with Crippen molar-refractivity contribution in [1.82, 2.24) is 10.2 Å². The van der Waals surface area contributed by atoms with Crippen molar-refractivity contribution in [2.24, 2.45) is 5.92 Å². The van der Waals surface area contributed by atoms with Gasteiger partial charge in [-0.25, -0.2) is 0 Å². The molecule has 2 atom stereocenters. The number of hydrogen-bond acceptors (Lipinski definition) is 3. The summed E-state index contributed by atoms with van der Waals surface area (Å²) < 4.78 is 0. The van der Waals surface area contributed by atoms with E-state index >= 15 is 0 Å². The van der Waals surface area contributed by atoms with E-state index in [-0.39, 0.29) is 6.61 Å². The quantitative estimate of drug-likeness (QED) is 0.676. The van der Waals surface area contributed by atoms with E-state index in [9.17, 15) is 0 Å². The van der Waals surface area contributed by atoms with Gasteiger partial charge in [-0.05, 0) is 32.4 Å². The van der Waals surface area contributed by atoms with Crippen molar-refractivity contribution in [3.8, 4) is 0 Å². The molecule has 0 radical (unpaired) electrons. The van der Waals surface area contributed by atoms with Gasteiger partial charge in [0.2, 0.25) is 0 Å². The standard InChI is InChI=1S/C13H28N2O/c1-3-15(9-10-16)11-12-7-5-4-6-8-13(12)14-2/h12-14,16H,3-11H2,1-2H3. The van der Waals surface area contributed by atoms with Crippen LogP contribution in [0.3, 0.4) is 0 Å². The van der Waals surface area contributed by atoms with Crippen LogP contribution < -0.4 is 5.32 Å². The lowest BCUT2D eigenvalue weighted by atomic mass is 9.94. The third-order valence-electron chi connectivity index (χ3n) is 3.89. The van der Waals surface area contributed by atoms with Crippen LogP contribution >= 0.6 is 0 Å².